The number of rotatable bonds is 7. The summed E-state index contributed by atoms with van der Waals surface area (Å²) in [5, 5.41) is 0. The number of benzene rings is 1. The first kappa shape index (κ1) is 14.2. The lowest BCUT2D eigenvalue weighted by atomic mass is 10.2. The molecule has 0 aliphatic rings. The predicted molar refractivity (Wildman–Crippen MR) is 70.1 cm³/mol. The maximum absolute atomic E-state index is 11.6. The van der Waals surface area contributed by atoms with Gasteiger partial charge in [-0.15, -0.1) is 0 Å². The van der Waals surface area contributed by atoms with E-state index in [1.54, 1.807) is 30.7 Å². The molecule has 1 radical (unpaired) electrons. The van der Waals surface area contributed by atoms with E-state index in [0.29, 0.717) is 12.3 Å². The van der Waals surface area contributed by atoms with Crippen molar-refractivity contribution in [2.75, 3.05) is 11.5 Å². The second-order valence-electron chi connectivity index (χ2n) is 3.94. The molecule has 4 heteroatoms. The van der Waals surface area contributed by atoms with Crippen LogP contribution in [-0.2, 0) is 9.53 Å². The molecule has 0 saturated heterocycles. The van der Waals surface area contributed by atoms with Gasteiger partial charge < -0.3 is 4.74 Å². The SMILES string of the molecule is CCCCCCOC(=O)N([C]=O)c1ccccc1. The Balaban J connectivity index is 2.41. The molecular formula is C14H18NO3. The number of anilines is 1. The van der Waals surface area contributed by atoms with Crippen molar-refractivity contribution >= 4 is 18.2 Å². The molecule has 0 aliphatic heterocycles. The summed E-state index contributed by atoms with van der Waals surface area (Å²) in [6, 6.07) is 8.61. The monoisotopic (exact) mass is 248 g/mol. The van der Waals surface area contributed by atoms with Gasteiger partial charge in [0.05, 0.1) is 12.3 Å². The Kier molecular flexibility index (Phi) is 6.54. The summed E-state index contributed by atoms with van der Waals surface area (Å²) in [4.78, 5) is 23.3. The van der Waals surface area contributed by atoms with Crippen LogP contribution in [0.25, 0.3) is 0 Å². The molecule has 4 nitrogen and oxygen atoms in total. The number of carbonyl (C=O) groups excluding carboxylic acids is 2. The molecule has 0 unspecified atom stereocenters. The first-order valence-corrected chi connectivity index (χ1v) is 6.19. The molecule has 0 bridgehead atoms. The summed E-state index contributed by atoms with van der Waals surface area (Å²) >= 11 is 0. The molecule has 0 heterocycles. The van der Waals surface area contributed by atoms with E-state index in [1.165, 1.54) is 0 Å². The van der Waals surface area contributed by atoms with E-state index in [9.17, 15) is 9.59 Å². The standard InChI is InChI=1S/C14H18NO3/c1-2-3-4-8-11-18-14(17)15(12-16)13-9-6-5-7-10-13/h5-7,9-10H,2-4,8,11H2,1H3. The average molecular weight is 248 g/mol. The smallest absolute Gasteiger partial charge is 0.421 e. The lowest BCUT2D eigenvalue weighted by Gasteiger charge is -2.14. The molecule has 1 rings (SSSR count). The van der Waals surface area contributed by atoms with E-state index in [0.717, 1.165) is 30.6 Å². The minimum absolute atomic E-state index is 0.337. The molecule has 97 valence electrons. The van der Waals surface area contributed by atoms with E-state index in [2.05, 4.69) is 6.92 Å². The summed E-state index contributed by atoms with van der Waals surface area (Å²) in [6.45, 7) is 2.45. The van der Waals surface area contributed by atoms with Crippen LogP contribution < -0.4 is 4.90 Å². The van der Waals surface area contributed by atoms with Gasteiger partial charge in [-0.1, -0.05) is 44.4 Å². The molecule has 0 atom stereocenters. The summed E-state index contributed by atoms with van der Waals surface area (Å²) < 4.78 is 5.02. The maximum Gasteiger partial charge on any atom is 0.421 e. The fourth-order valence-electron chi connectivity index (χ4n) is 1.53. The molecule has 0 aliphatic carbocycles. The number of nitrogens with zero attached hydrogens (tertiary/aromatic N) is 1. The Morgan fingerprint density at radius 2 is 1.94 bits per heavy atom. The highest BCUT2D eigenvalue weighted by Crippen LogP contribution is 2.12. The van der Waals surface area contributed by atoms with E-state index in [1.807, 2.05) is 6.07 Å². The van der Waals surface area contributed by atoms with Crippen molar-refractivity contribution in [1.82, 2.24) is 0 Å². The van der Waals surface area contributed by atoms with Crippen molar-refractivity contribution in [2.45, 2.75) is 32.6 Å². The highest BCUT2D eigenvalue weighted by atomic mass is 16.6. The lowest BCUT2D eigenvalue weighted by Crippen LogP contribution is -2.30. The van der Waals surface area contributed by atoms with Gasteiger partial charge in [0.25, 0.3) is 0 Å². The van der Waals surface area contributed by atoms with Gasteiger partial charge in [0.1, 0.15) is 0 Å². The molecule has 1 aromatic rings. The van der Waals surface area contributed by atoms with Gasteiger partial charge in [0, 0.05) is 0 Å². The maximum atomic E-state index is 11.6. The Morgan fingerprint density at radius 3 is 2.56 bits per heavy atom. The fraction of sp³-hybridized carbons (Fsp3) is 0.429. The zero-order valence-electron chi connectivity index (χ0n) is 10.6. The van der Waals surface area contributed by atoms with E-state index in [4.69, 9.17) is 4.74 Å². The van der Waals surface area contributed by atoms with Crippen LogP contribution in [0.5, 0.6) is 0 Å². The van der Waals surface area contributed by atoms with Crippen LogP contribution in [-0.4, -0.2) is 19.1 Å². The van der Waals surface area contributed by atoms with Crippen LogP contribution in [0.15, 0.2) is 30.3 Å². The van der Waals surface area contributed by atoms with Crippen molar-refractivity contribution in [3.63, 3.8) is 0 Å². The minimum Gasteiger partial charge on any atom is -0.449 e. The third-order valence-electron chi connectivity index (χ3n) is 2.51. The van der Waals surface area contributed by atoms with Gasteiger partial charge in [-0.2, -0.15) is 0 Å². The van der Waals surface area contributed by atoms with E-state index >= 15 is 0 Å². The largest absolute Gasteiger partial charge is 0.449 e. The number of amides is 2. The van der Waals surface area contributed by atoms with Gasteiger partial charge >= 0.3 is 12.5 Å². The molecule has 18 heavy (non-hydrogen) atoms. The summed E-state index contributed by atoms with van der Waals surface area (Å²) in [5.41, 5.74) is 0.464. The minimum atomic E-state index is -0.673. The van der Waals surface area contributed by atoms with Crippen molar-refractivity contribution in [2.24, 2.45) is 0 Å². The van der Waals surface area contributed by atoms with Gasteiger partial charge in [-0.05, 0) is 18.6 Å². The van der Waals surface area contributed by atoms with Crippen LogP contribution in [0.1, 0.15) is 32.6 Å². The molecule has 0 spiro atoms. The zero-order chi connectivity index (χ0) is 13.2. The normalized spacial score (nSPS) is 9.83. The number of hydrogen-bond donors (Lipinski definition) is 0. The van der Waals surface area contributed by atoms with Crippen LogP contribution in [0.4, 0.5) is 10.5 Å². The zero-order valence-corrected chi connectivity index (χ0v) is 10.6. The third kappa shape index (κ3) is 4.57. The number of imide groups is 1. The van der Waals surface area contributed by atoms with E-state index < -0.39 is 6.09 Å². The van der Waals surface area contributed by atoms with Crippen LogP contribution in [0.2, 0.25) is 0 Å². The summed E-state index contributed by atoms with van der Waals surface area (Å²) in [7, 11) is 0. The first-order chi connectivity index (χ1) is 8.79. The highest BCUT2D eigenvalue weighted by Gasteiger charge is 2.16. The Bertz CT molecular complexity index is 365. The highest BCUT2D eigenvalue weighted by molar-refractivity contribution is 6.03. The number of ether oxygens (including phenoxy) is 1. The number of hydrogen-bond acceptors (Lipinski definition) is 3. The van der Waals surface area contributed by atoms with Crippen LogP contribution in [0.3, 0.4) is 0 Å². The van der Waals surface area contributed by atoms with Crippen LogP contribution in [0, 0.1) is 0 Å². The average Bonchev–Trinajstić information content (AvgIpc) is 2.40. The number of carbonyl (C=O) groups is 1. The first-order valence-electron chi connectivity index (χ1n) is 6.19. The van der Waals surface area contributed by atoms with Crippen molar-refractivity contribution in [3.05, 3.63) is 30.3 Å². The Labute approximate surface area is 108 Å². The molecule has 0 fully saturated rings. The summed E-state index contributed by atoms with van der Waals surface area (Å²) in [5.74, 6) is 0. The molecule has 0 saturated carbocycles. The lowest BCUT2D eigenvalue weighted by molar-refractivity contribution is 0.154. The fourth-order valence-corrected chi connectivity index (χ4v) is 1.53. The molecule has 0 N–H and O–H groups in total. The molecular weight excluding hydrogens is 230 g/mol. The van der Waals surface area contributed by atoms with Gasteiger partial charge in [0.2, 0.25) is 0 Å². The second-order valence-corrected chi connectivity index (χ2v) is 3.94. The molecule has 1 aromatic carbocycles. The van der Waals surface area contributed by atoms with E-state index in [-0.39, 0.29) is 0 Å². The number of para-hydroxylation sites is 1. The van der Waals surface area contributed by atoms with Gasteiger partial charge in [0.15, 0.2) is 0 Å². The Morgan fingerprint density at radius 1 is 1.22 bits per heavy atom. The second kappa shape index (κ2) is 8.28. The molecule has 2 amide bonds. The quantitative estimate of drug-likeness (QED) is 0.549. The van der Waals surface area contributed by atoms with Gasteiger partial charge in [-0.3, -0.25) is 4.79 Å². The predicted octanol–water partition coefficient (Wildman–Crippen LogP) is 3.28. The van der Waals surface area contributed by atoms with Crippen LogP contribution >= 0.6 is 0 Å². The molecule has 0 aromatic heterocycles. The Hall–Kier alpha value is -1.84. The number of unbranched alkanes of at least 4 members (excludes halogenated alkanes) is 3. The third-order valence-corrected chi connectivity index (χ3v) is 2.51. The van der Waals surface area contributed by atoms with Gasteiger partial charge in [-0.25, -0.2) is 9.69 Å². The summed E-state index contributed by atoms with van der Waals surface area (Å²) in [6.07, 6.45) is 5.01. The van der Waals surface area contributed by atoms with Crippen molar-refractivity contribution < 1.29 is 14.3 Å². The topological polar surface area (TPSA) is 46.6 Å². The van der Waals surface area contributed by atoms with Crippen molar-refractivity contribution in [3.8, 4) is 0 Å². The van der Waals surface area contributed by atoms with Crippen molar-refractivity contribution in [1.29, 1.82) is 0 Å².